The molecule has 26 heavy (non-hydrogen) atoms. The average molecular weight is 386 g/mol. The molecule has 0 N–H and O–H groups in total. The van der Waals surface area contributed by atoms with Crippen molar-refractivity contribution >= 4 is 10.0 Å². The molecule has 0 radical (unpaired) electrons. The molecule has 5 nitrogen and oxygen atoms in total. The Kier molecular flexibility index (Phi) is 5.05. The van der Waals surface area contributed by atoms with Gasteiger partial charge >= 0.3 is 6.18 Å². The van der Waals surface area contributed by atoms with E-state index >= 15 is 0 Å². The molecule has 1 aromatic heterocycles. The molecule has 0 spiro atoms. The van der Waals surface area contributed by atoms with Crippen LogP contribution in [0, 0.1) is 0 Å². The van der Waals surface area contributed by atoms with Gasteiger partial charge in [-0.3, -0.25) is 4.98 Å². The predicted octanol–water partition coefficient (Wildman–Crippen LogP) is 3.25. The standard InChI is InChI=1S/C17H17F3N2O3S/c1-12-10-22(15(11-25-12)13-5-3-2-4-6-13)26(23,24)14-7-8-16(21-9-14)17(18,19)20/h2-9,12,15H,10-11H2,1H3. The van der Waals surface area contributed by atoms with Crippen LogP contribution in [0.25, 0.3) is 0 Å². The number of hydrogen-bond donors (Lipinski definition) is 0. The molecule has 0 saturated carbocycles. The van der Waals surface area contributed by atoms with Gasteiger partial charge in [0.25, 0.3) is 0 Å². The molecule has 1 aliphatic heterocycles. The molecule has 0 aliphatic carbocycles. The summed E-state index contributed by atoms with van der Waals surface area (Å²) in [6.07, 6.45) is -4.20. The van der Waals surface area contributed by atoms with Crippen molar-refractivity contribution in [1.29, 1.82) is 0 Å². The van der Waals surface area contributed by atoms with Crippen molar-refractivity contribution in [2.75, 3.05) is 13.2 Å². The van der Waals surface area contributed by atoms with Crippen LogP contribution >= 0.6 is 0 Å². The highest BCUT2D eigenvalue weighted by Crippen LogP contribution is 2.33. The number of nitrogens with zero attached hydrogens (tertiary/aromatic N) is 2. The summed E-state index contributed by atoms with van der Waals surface area (Å²) in [6, 6.07) is 10.0. The van der Waals surface area contributed by atoms with Crippen molar-refractivity contribution in [1.82, 2.24) is 9.29 Å². The van der Waals surface area contributed by atoms with Gasteiger partial charge in [-0.1, -0.05) is 30.3 Å². The van der Waals surface area contributed by atoms with Crippen LogP contribution in [0.1, 0.15) is 24.2 Å². The minimum absolute atomic E-state index is 0.100. The van der Waals surface area contributed by atoms with Crippen LogP contribution in [-0.2, 0) is 20.9 Å². The second-order valence-corrected chi connectivity index (χ2v) is 7.91. The first-order chi connectivity index (χ1) is 12.2. The fourth-order valence-electron chi connectivity index (χ4n) is 2.81. The highest BCUT2D eigenvalue weighted by molar-refractivity contribution is 7.89. The number of halogens is 3. The van der Waals surface area contributed by atoms with Crippen molar-refractivity contribution in [3.05, 3.63) is 59.9 Å². The third kappa shape index (κ3) is 3.74. The summed E-state index contributed by atoms with van der Waals surface area (Å²) in [5.41, 5.74) is -0.380. The molecule has 9 heteroatoms. The smallest absolute Gasteiger partial charge is 0.375 e. The van der Waals surface area contributed by atoms with Gasteiger partial charge in [0, 0.05) is 12.7 Å². The monoisotopic (exact) mass is 386 g/mol. The van der Waals surface area contributed by atoms with E-state index in [0.717, 1.165) is 17.8 Å². The van der Waals surface area contributed by atoms with E-state index in [4.69, 9.17) is 4.74 Å². The van der Waals surface area contributed by atoms with Crippen LogP contribution in [0.15, 0.2) is 53.6 Å². The first kappa shape index (κ1) is 18.8. The summed E-state index contributed by atoms with van der Waals surface area (Å²) in [5.74, 6) is 0. The maximum Gasteiger partial charge on any atom is 0.433 e. The maximum absolute atomic E-state index is 13.0. The van der Waals surface area contributed by atoms with Crippen molar-refractivity contribution in [2.24, 2.45) is 0 Å². The van der Waals surface area contributed by atoms with E-state index < -0.39 is 27.9 Å². The minimum Gasteiger partial charge on any atom is -0.375 e. The molecule has 140 valence electrons. The Bertz CT molecular complexity index is 855. The molecular formula is C17H17F3N2O3S. The molecule has 0 amide bonds. The van der Waals surface area contributed by atoms with E-state index in [1.165, 1.54) is 4.31 Å². The zero-order valence-corrected chi connectivity index (χ0v) is 14.7. The topological polar surface area (TPSA) is 59.5 Å². The number of hydrogen-bond acceptors (Lipinski definition) is 4. The molecule has 2 aromatic rings. The van der Waals surface area contributed by atoms with E-state index in [1.54, 1.807) is 31.2 Å². The van der Waals surface area contributed by atoms with E-state index in [1.807, 2.05) is 6.07 Å². The molecule has 3 rings (SSSR count). The summed E-state index contributed by atoms with van der Waals surface area (Å²) in [6.45, 7) is 2.01. The van der Waals surface area contributed by atoms with E-state index in [2.05, 4.69) is 4.98 Å². The van der Waals surface area contributed by atoms with Gasteiger partial charge in [-0.05, 0) is 24.6 Å². The second-order valence-electron chi connectivity index (χ2n) is 6.02. The number of sulfonamides is 1. The normalized spacial score (nSPS) is 22.3. The van der Waals surface area contributed by atoms with Crippen LogP contribution in [0.5, 0.6) is 0 Å². The molecule has 1 fully saturated rings. The number of pyridine rings is 1. The Balaban J connectivity index is 1.97. The summed E-state index contributed by atoms with van der Waals surface area (Å²) in [4.78, 5) is 2.99. The van der Waals surface area contributed by atoms with Gasteiger partial charge in [0.2, 0.25) is 10.0 Å². The highest BCUT2D eigenvalue weighted by atomic mass is 32.2. The lowest BCUT2D eigenvalue weighted by Gasteiger charge is -2.37. The Labute approximate surface area is 149 Å². The van der Waals surface area contributed by atoms with Crippen LogP contribution in [0.2, 0.25) is 0 Å². The quantitative estimate of drug-likeness (QED) is 0.813. The number of aromatic nitrogens is 1. The average Bonchev–Trinajstić information content (AvgIpc) is 2.62. The van der Waals surface area contributed by atoms with Gasteiger partial charge in [-0.15, -0.1) is 0 Å². The van der Waals surface area contributed by atoms with Gasteiger partial charge in [-0.25, -0.2) is 8.42 Å². The third-order valence-corrected chi connectivity index (χ3v) is 6.00. The number of ether oxygens (including phenoxy) is 1. The number of benzene rings is 1. The van der Waals surface area contributed by atoms with E-state index in [-0.39, 0.29) is 24.2 Å². The molecule has 0 bridgehead atoms. The highest BCUT2D eigenvalue weighted by Gasteiger charge is 2.38. The lowest BCUT2D eigenvalue weighted by molar-refractivity contribution is -0.141. The largest absolute Gasteiger partial charge is 0.433 e. The molecule has 1 aromatic carbocycles. The lowest BCUT2D eigenvalue weighted by Crippen LogP contribution is -2.46. The van der Waals surface area contributed by atoms with Crippen molar-refractivity contribution in [2.45, 2.75) is 30.1 Å². The fraction of sp³-hybridized carbons (Fsp3) is 0.353. The molecule has 2 heterocycles. The zero-order chi connectivity index (χ0) is 18.9. The fourth-order valence-corrected chi connectivity index (χ4v) is 4.43. The van der Waals surface area contributed by atoms with Crippen molar-refractivity contribution in [3.8, 4) is 0 Å². The number of rotatable bonds is 3. The van der Waals surface area contributed by atoms with Crippen LogP contribution < -0.4 is 0 Å². The first-order valence-corrected chi connectivity index (χ1v) is 9.35. The molecule has 1 aliphatic rings. The van der Waals surface area contributed by atoms with Gasteiger partial charge in [-0.2, -0.15) is 17.5 Å². The Morgan fingerprint density at radius 2 is 1.85 bits per heavy atom. The SMILES string of the molecule is CC1CN(S(=O)(=O)c2ccc(C(F)(F)F)nc2)C(c2ccccc2)CO1. The van der Waals surface area contributed by atoms with Crippen LogP contribution in [0.3, 0.4) is 0 Å². The molecule has 2 unspecified atom stereocenters. The Hall–Kier alpha value is -1.97. The summed E-state index contributed by atoms with van der Waals surface area (Å²) < 4.78 is 70.9. The molecule has 1 saturated heterocycles. The number of alkyl halides is 3. The number of morpholine rings is 1. The van der Waals surface area contributed by atoms with Crippen molar-refractivity contribution in [3.63, 3.8) is 0 Å². The Morgan fingerprint density at radius 3 is 2.42 bits per heavy atom. The predicted molar refractivity (Wildman–Crippen MR) is 87.7 cm³/mol. The lowest BCUT2D eigenvalue weighted by atomic mass is 10.1. The van der Waals surface area contributed by atoms with E-state index in [9.17, 15) is 21.6 Å². The summed E-state index contributed by atoms with van der Waals surface area (Å²) in [7, 11) is -4.03. The van der Waals surface area contributed by atoms with Crippen LogP contribution in [0.4, 0.5) is 13.2 Å². The maximum atomic E-state index is 13.0. The van der Waals surface area contributed by atoms with Gasteiger partial charge in [0.05, 0.1) is 18.8 Å². The van der Waals surface area contributed by atoms with E-state index in [0.29, 0.717) is 6.07 Å². The second kappa shape index (κ2) is 6.98. The van der Waals surface area contributed by atoms with Gasteiger partial charge in [0.1, 0.15) is 10.6 Å². The van der Waals surface area contributed by atoms with Crippen molar-refractivity contribution < 1.29 is 26.3 Å². The zero-order valence-electron chi connectivity index (χ0n) is 13.8. The van der Waals surface area contributed by atoms with Gasteiger partial charge < -0.3 is 4.74 Å². The Morgan fingerprint density at radius 1 is 1.15 bits per heavy atom. The molecule has 2 atom stereocenters. The summed E-state index contributed by atoms with van der Waals surface area (Å²) >= 11 is 0. The first-order valence-electron chi connectivity index (χ1n) is 7.91. The van der Waals surface area contributed by atoms with Crippen LogP contribution in [-0.4, -0.2) is 37.0 Å². The van der Waals surface area contributed by atoms with Gasteiger partial charge in [0.15, 0.2) is 0 Å². The minimum atomic E-state index is -4.62. The summed E-state index contributed by atoms with van der Waals surface area (Å²) in [5, 5.41) is 0. The third-order valence-electron chi connectivity index (χ3n) is 4.14. The molecular weight excluding hydrogens is 369 g/mol.